The van der Waals surface area contributed by atoms with Crippen molar-refractivity contribution in [3.63, 3.8) is 0 Å². The van der Waals surface area contributed by atoms with Crippen molar-refractivity contribution in [2.45, 2.75) is 131 Å². The van der Waals surface area contributed by atoms with Gasteiger partial charge in [-0.05, 0) is 182 Å². The lowest BCUT2D eigenvalue weighted by molar-refractivity contribution is 0.590. The van der Waals surface area contributed by atoms with Gasteiger partial charge in [0.2, 0.25) is 0 Å². The Morgan fingerprint density at radius 2 is 0.408 bits per heavy atom. The van der Waals surface area contributed by atoms with Gasteiger partial charge in [0, 0.05) is 0 Å². The van der Waals surface area contributed by atoms with Crippen LogP contribution in [0.15, 0.2) is 176 Å². The summed E-state index contributed by atoms with van der Waals surface area (Å²) in [5.74, 6) is 0. The van der Waals surface area contributed by atoms with Gasteiger partial charge in [-0.25, -0.2) is 0 Å². The molecule has 0 nitrogen and oxygen atoms in total. The van der Waals surface area contributed by atoms with Gasteiger partial charge in [0.25, 0.3) is 0 Å². The van der Waals surface area contributed by atoms with Gasteiger partial charge in [0.1, 0.15) is 0 Å². The molecule has 12 aromatic carbocycles. The second-order valence-electron chi connectivity index (χ2n) is 27.4. The Bertz CT molecular complexity index is 3940. The molecule has 0 aliphatic rings. The number of benzene rings is 11. The zero-order chi connectivity index (χ0) is 53.6. The molecule has 0 unspecified atom stereocenters. The van der Waals surface area contributed by atoms with E-state index in [0.29, 0.717) is 0 Å². The van der Waals surface area contributed by atoms with E-state index < -0.39 is 0 Å². The van der Waals surface area contributed by atoms with Crippen molar-refractivity contribution >= 4 is 53.9 Å². The summed E-state index contributed by atoms with van der Waals surface area (Å²) < 4.78 is 0. The lowest BCUT2D eigenvalue weighted by Gasteiger charge is -2.31. The maximum atomic E-state index is 2.57. The first-order valence-corrected chi connectivity index (χ1v) is 27.8. The Hall–Kier alpha value is -7.28. The maximum Gasteiger partial charge on any atom is -0.000741 e. The average Bonchev–Trinajstić information content (AvgIpc) is 4.00. The Balaban J connectivity index is 1.37. The van der Waals surface area contributed by atoms with Crippen molar-refractivity contribution < 1.29 is 0 Å². The summed E-state index contributed by atoms with van der Waals surface area (Å²) in [6.45, 7) is 34.9. The normalized spacial score (nSPS) is 13.2. The first kappa shape index (κ1) is 49.6. The molecule has 76 heavy (non-hydrogen) atoms. The van der Waals surface area contributed by atoms with Crippen LogP contribution in [0.25, 0.3) is 121 Å². The standard InChI is InChI=1S/C76H74/c1-72(2,3)54-33-22-48(23-34-54)61-63(49-24-35-55(36-25-49)73(4,5)6)67(51-28-39-57(40-29-51)75(10,11)12)71(68(52-30-41-58(42-31-52)76(13,14)15)64(61)50-26-37-56(38-27-50)74(7,8)9)60-44-53-21-20-46-17-16-45-18-19-47-32-43-59(60)70-66(47)62(45)65(46)69(53)70/h16-44H,1-15H3. The highest BCUT2D eigenvalue weighted by Crippen LogP contribution is 2.59. The fourth-order valence-corrected chi connectivity index (χ4v) is 12.5. The molecule has 0 atom stereocenters. The third-order valence-electron chi connectivity index (χ3n) is 17.0. The van der Waals surface area contributed by atoms with Gasteiger partial charge in [-0.1, -0.05) is 274 Å². The van der Waals surface area contributed by atoms with Crippen molar-refractivity contribution in [3.8, 4) is 66.8 Å². The molecule has 378 valence electrons. The summed E-state index contributed by atoms with van der Waals surface area (Å²) in [6.07, 6.45) is 0. The number of rotatable bonds is 6. The second-order valence-corrected chi connectivity index (χ2v) is 27.4. The minimum absolute atomic E-state index is 0.0125. The third kappa shape index (κ3) is 8.09. The van der Waals surface area contributed by atoms with Crippen LogP contribution in [0.3, 0.4) is 0 Å². The Morgan fingerprint density at radius 1 is 0.197 bits per heavy atom. The molecule has 0 fully saturated rings. The van der Waals surface area contributed by atoms with E-state index >= 15 is 0 Å². The quantitative estimate of drug-likeness (QED) is 0.146. The summed E-state index contributed by atoms with van der Waals surface area (Å²) in [5, 5.41) is 13.4. The largest absolute Gasteiger partial charge is 0.0579 e. The van der Waals surface area contributed by atoms with E-state index in [9.17, 15) is 0 Å². The van der Waals surface area contributed by atoms with Gasteiger partial charge < -0.3 is 0 Å². The molecular weight excluding hydrogens is 913 g/mol. The van der Waals surface area contributed by atoms with E-state index in [1.807, 2.05) is 0 Å². The van der Waals surface area contributed by atoms with Crippen LogP contribution in [0.5, 0.6) is 0 Å². The summed E-state index contributed by atoms with van der Waals surface area (Å²) in [4.78, 5) is 0. The molecule has 0 aliphatic carbocycles. The minimum Gasteiger partial charge on any atom is -0.0579 e. The first-order chi connectivity index (χ1) is 35.9. The van der Waals surface area contributed by atoms with E-state index in [1.54, 1.807) is 0 Å². The molecule has 0 saturated carbocycles. The molecule has 0 aliphatic heterocycles. The van der Waals surface area contributed by atoms with Gasteiger partial charge >= 0.3 is 0 Å². The predicted molar refractivity (Wildman–Crippen MR) is 334 cm³/mol. The summed E-state index contributed by atoms with van der Waals surface area (Å²) >= 11 is 0. The van der Waals surface area contributed by atoms with Crippen LogP contribution >= 0.6 is 0 Å². The van der Waals surface area contributed by atoms with Crippen LogP contribution in [0.4, 0.5) is 0 Å². The molecule has 12 rings (SSSR count). The summed E-state index contributed by atoms with van der Waals surface area (Å²) in [5.41, 5.74) is 21.3. The van der Waals surface area contributed by atoms with Crippen molar-refractivity contribution in [2.75, 3.05) is 0 Å². The maximum absolute atomic E-state index is 2.57. The molecule has 0 aromatic heterocycles. The molecule has 0 saturated heterocycles. The topological polar surface area (TPSA) is 0 Å². The monoisotopic (exact) mass is 987 g/mol. The van der Waals surface area contributed by atoms with E-state index in [2.05, 4.69) is 280 Å². The Morgan fingerprint density at radius 3 is 0.671 bits per heavy atom. The van der Waals surface area contributed by atoms with Crippen LogP contribution in [0, 0.1) is 0 Å². The van der Waals surface area contributed by atoms with Gasteiger partial charge in [-0.15, -0.1) is 0 Å². The summed E-state index contributed by atoms with van der Waals surface area (Å²) in [6, 6.07) is 69.7. The molecule has 0 heteroatoms. The van der Waals surface area contributed by atoms with E-state index in [-0.39, 0.29) is 27.1 Å². The predicted octanol–water partition coefficient (Wildman–Crippen LogP) is 22.3. The van der Waals surface area contributed by atoms with Crippen LogP contribution in [0.1, 0.15) is 132 Å². The van der Waals surface area contributed by atoms with Crippen molar-refractivity contribution in [1.29, 1.82) is 0 Å². The molecular formula is C76H74. The van der Waals surface area contributed by atoms with Gasteiger partial charge in [-0.2, -0.15) is 0 Å². The van der Waals surface area contributed by atoms with Crippen LogP contribution in [-0.4, -0.2) is 0 Å². The second kappa shape index (κ2) is 17.1. The smallest absolute Gasteiger partial charge is 0.000741 e. The Kier molecular flexibility index (Phi) is 11.2. The van der Waals surface area contributed by atoms with Crippen LogP contribution < -0.4 is 0 Å². The lowest BCUT2D eigenvalue weighted by atomic mass is 9.72. The average molecular weight is 987 g/mol. The SMILES string of the molecule is CC(C)(C)c1ccc(-c2c(-c3ccc(C(C)(C)C)cc3)c(-c3ccc(C(C)(C)C)cc3)c(-c3cc4ccc5ccc6ccc7ccc3c3c7c6c5c43)c(-c3ccc(C(C)(C)C)cc3)c2-c2ccc(C(C)(C)C)cc2)cc1. The number of hydrogen-bond donors (Lipinski definition) is 0. The van der Waals surface area contributed by atoms with Gasteiger partial charge in [0.15, 0.2) is 0 Å². The third-order valence-corrected chi connectivity index (χ3v) is 17.0. The molecule has 0 bridgehead atoms. The minimum atomic E-state index is -0.0213. The van der Waals surface area contributed by atoms with Gasteiger partial charge in [-0.3, -0.25) is 0 Å². The van der Waals surface area contributed by atoms with Gasteiger partial charge in [0.05, 0.1) is 0 Å². The zero-order valence-corrected chi connectivity index (χ0v) is 47.7. The highest BCUT2D eigenvalue weighted by Gasteiger charge is 2.33. The Labute approximate surface area is 452 Å². The molecule has 12 aromatic rings. The number of hydrogen-bond acceptors (Lipinski definition) is 0. The lowest BCUT2D eigenvalue weighted by Crippen LogP contribution is -2.12. The van der Waals surface area contributed by atoms with E-state index in [4.69, 9.17) is 0 Å². The fourth-order valence-electron chi connectivity index (χ4n) is 12.5. The highest BCUT2D eigenvalue weighted by atomic mass is 14.4. The van der Waals surface area contributed by atoms with E-state index in [0.717, 1.165) is 0 Å². The molecule has 0 radical (unpaired) electrons. The highest BCUT2D eigenvalue weighted by molar-refractivity contribution is 6.45. The van der Waals surface area contributed by atoms with E-state index in [1.165, 1.54) is 148 Å². The first-order valence-electron chi connectivity index (χ1n) is 27.8. The van der Waals surface area contributed by atoms with Crippen LogP contribution in [0.2, 0.25) is 0 Å². The summed E-state index contributed by atoms with van der Waals surface area (Å²) in [7, 11) is 0. The fraction of sp³-hybridized carbons (Fsp3) is 0.263. The van der Waals surface area contributed by atoms with Crippen LogP contribution in [-0.2, 0) is 27.1 Å². The zero-order valence-electron chi connectivity index (χ0n) is 47.7. The molecule has 0 heterocycles. The van der Waals surface area contributed by atoms with Crippen molar-refractivity contribution in [3.05, 3.63) is 204 Å². The van der Waals surface area contributed by atoms with Crippen molar-refractivity contribution in [2.24, 2.45) is 0 Å². The molecule has 0 spiro atoms. The molecule has 0 amide bonds. The van der Waals surface area contributed by atoms with Crippen molar-refractivity contribution in [1.82, 2.24) is 0 Å². The molecule has 0 N–H and O–H groups in total.